The van der Waals surface area contributed by atoms with Crippen molar-refractivity contribution in [2.24, 2.45) is 23.2 Å². The fourth-order valence-electron chi connectivity index (χ4n) is 3.36. The molecule has 136 valence electrons. The molecular formula is C23H38O. The molecule has 0 saturated carbocycles. The molecule has 0 aliphatic carbocycles. The van der Waals surface area contributed by atoms with Crippen molar-refractivity contribution in [2.45, 2.75) is 80.6 Å². The van der Waals surface area contributed by atoms with Gasteiger partial charge in [-0.2, -0.15) is 0 Å². The molecule has 0 aliphatic heterocycles. The van der Waals surface area contributed by atoms with Gasteiger partial charge in [-0.05, 0) is 41.2 Å². The summed E-state index contributed by atoms with van der Waals surface area (Å²) in [6, 6.07) is 8.90. The summed E-state index contributed by atoms with van der Waals surface area (Å²) in [5.41, 5.74) is 2.83. The maximum absolute atomic E-state index is 12.8. The van der Waals surface area contributed by atoms with Crippen molar-refractivity contribution in [1.82, 2.24) is 0 Å². The predicted octanol–water partition coefficient (Wildman–Crippen LogP) is 6.49. The van der Waals surface area contributed by atoms with Crippen LogP contribution in [0.15, 0.2) is 24.3 Å². The lowest BCUT2D eigenvalue weighted by molar-refractivity contribution is -0.126. The molecule has 1 nitrogen and oxygen atoms in total. The van der Waals surface area contributed by atoms with Gasteiger partial charge in [-0.1, -0.05) is 85.6 Å². The third kappa shape index (κ3) is 6.42. The monoisotopic (exact) mass is 330 g/mol. The van der Waals surface area contributed by atoms with Crippen molar-refractivity contribution in [3.63, 3.8) is 0 Å². The molecule has 1 aromatic rings. The van der Waals surface area contributed by atoms with Crippen LogP contribution in [-0.2, 0) is 17.6 Å². The van der Waals surface area contributed by atoms with Gasteiger partial charge in [-0.25, -0.2) is 0 Å². The average molecular weight is 331 g/mol. The van der Waals surface area contributed by atoms with E-state index < -0.39 is 0 Å². The highest BCUT2D eigenvalue weighted by Gasteiger charge is 2.29. The molecule has 0 saturated heterocycles. The van der Waals surface area contributed by atoms with E-state index in [-0.39, 0.29) is 11.3 Å². The molecule has 0 amide bonds. The molecule has 3 unspecified atom stereocenters. The van der Waals surface area contributed by atoms with E-state index in [1.807, 2.05) is 0 Å². The molecule has 0 aromatic heterocycles. The highest BCUT2D eigenvalue weighted by molar-refractivity contribution is 5.81. The van der Waals surface area contributed by atoms with Crippen LogP contribution in [0.3, 0.4) is 0 Å². The standard InChI is InChI=1S/C23H38O/c1-8-11-17(3)21(16-22(24)18(4)23(5,6)7)15-20-13-10-12-19(9-2)14-20/h10,12-14,17-18,21H,8-9,11,15-16H2,1-7H3. The zero-order valence-electron chi connectivity index (χ0n) is 17.0. The fraction of sp³-hybridized carbons (Fsp3) is 0.696. The van der Waals surface area contributed by atoms with Crippen LogP contribution < -0.4 is 0 Å². The van der Waals surface area contributed by atoms with E-state index in [0.29, 0.717) is 17.6 Å². The number of Topliss-reactive ketones (excluding diaryl/α,β-unsaturated/α-hetero) is 1. The first-order valence-electron chi connectivity index (χ1n) is 9.79. The summed E-state index contributed by atoms with van der Waals surface area (Å²) < 4.78 is 0. The zero-order valence-corrected chi connectivity index (χ0v) is 17.0. The Kier molecular flexibility index (Phi) is 8.19. The third-order valence-electron chi connectivity index (χ3n) is 5.69. The second-order valence-corrected chi connectivity index (χ2v) is 8.66. The Balaban J connectivity index is 2.89. The number of carbonyl (C=O) groups is 1. The van der Waals surface area contributed by atoms with Gasteiger partial charge < -0.3 is 0 Å². The molecule has 0 bridgehead atoms. The Hall–Kier alpha value is -1.11. The molecule has 1 aromatic carbocycles. The van der Waals surface area contributed by atoms with Crippen molar-refractivity contribution in [3.05, 3.63) is 35.4 Å². The number of carbonyl (C=O) groups excluding carboxylic acids is 1. The maximum Gasteiger partial charge on any atom is 0.136 e. The Bertz CT molecular complexity index is 509. The zero-order chi connectivity index (χ0) is 18.3. The van der Waals surface area contributed by atoms with Crippen LogP contribution in [0.1, 0.15) is 78.9 Å². The van der Waals surface area contributed by atoms with Crippen molar-refractivity contribution in [3.8, 4) is 0 Å². The summed E-state index contributed by atoms with van der Waals surface area (Å²) >= 11 is 0. The minimum absolute atomic E-state index is 0.0533. The summed E-state index contributed by atoms with van der Waals surface area (Å²) in [4.78, 5) is 12.8. The summed E-state index contributed by atoms with van der Waals surface area (Å²) in [6.07, 6.45) is 5.21. The number of ketones is 1. The van der Waals surface area contributed by atoms with Gasteiger partial charge >= 0.3 is 0 Å². The molecule has 0 spiro atoms. The lowest BCUT2D eigenvalue weighted by atomic mass is 9.74. The van der Waals surface area contributed by atoms with Crippen molar-refractivity contribution in [1.29, 1.82) is 0 Å². The Labute approximate surface area is 150 Å². The first kappa shape index (κ1) is 20.9. The first-order chi connectivity index (χ1) is 11.2. The lowest BCUT2D eigenvalue weighted by Gasteiger charge is -2.30. The van der Waals surface area contributed by atoms with Crippen LogP contribution in [-0.4, -0.2) is 5.78 Å². The van der Waals surface area contributed by atoms with Crippen molar-refractivity contribution in [2.75, 3.05) is 0 Å². The third-order valence-corrected chi connectivity index (χ3v) is 5.69. The van der Waals surface area contributed by atoms with Crippen LogP contribution in [0.25, 0.3) is 0 Å². The first-order valence-corrected chi connectivity index (χ1v) is 9.79. The number of rotatable bonds is 9. The van der Waals surface area contributed by atoms with Gasteiger partial charge in [0.2, 0.25) is 0 Å². The van der Waals surface area contributed by atoms with Gasteiger partial charge in [0.25, 0.3) is 0 Å². The molecule has 3 atom stereocenters. The lowest BCUT2D eigenvalue weighted by Crippen LogP contribution is -2.29. The van der Waals surface area contributed by atoms with Gasteiger partial charge in [0.15, 0.2) is 0 Å². The van der Waals surface area contributed by atoms with E-state index in [4.69, 9.17) is 0 Å². The minimum atomic E-state index is 0.0533. The molecule has 24 heavy (non-hydrogen) atoms. The number of hydrogen-bond donors (Lipinski definition) is 0. The van der Waals surface area contributed by atoms with Gasteiger partial charge in [-0.3, -0.25) is 4.79 Å². The Morgan fingerprint density at radius 3 is 2.25 bits per heavy atom. The van der Waals surface area contributed by atoms with E-state index >= 15 is 0 Å². The van der Waals surface area contributed by atoms with Crippen molar-refractivity contribution >= 4 is 5.78 Å². The van der Waals surface area contributed by atoms with Crippen LogP contribution in [0.4, 0.5) is 0 Å². The summed E-state index contributed by atoms with van der Waals surface area (Å²) in [7, 11) is 0. The van der Waals surface area contributed by atoms with E-state index in [9.17, 15) is 4.79 Å². The molecule has 0 N–H and O–H groups in total. The molecule has 0 heterocycles. The smallest absolute Gasteiger partial charge is 0.136 e. The second-order valence-electron chi connectivity index (χ2n) is 8.66. The van der Waals surface area contributed by atoms with Crippen LogP contribution in [0, 0.1) is 23.2 Å². The second kappa shape index (κ2) is 9.39. The normalized spacial score (nSPS) is 15.8. The van der Waals surface area contributed by atoms with E-state index in [2.05, 4.69) is 72.7 Å². The number of hydrogen-bond acceptors (Lipinski definition) is 1. The quantitative estimate of drug-likeness (QED) is 0.506. The summed E-state index contributed by atoms with van der Waals surface area (Å²) in [6.45, 7) is 15.4. The van der Waals surface area contributed by atoms with Gasteiger partial charge in [0, 0.05) is 12.3 Å². The van der Waals surface area contributed by atoms with Gasteiger partial charge in [-0.15, -0.1) is 0 Å². The van der Waals surface area contributed by atoms with Gasteiger partial charge in [0.05, 0.1) is 0 Å². The highest BCUT2D eigenvalue weighted by Crippen LogP contribution is 2.32. The Morgan fingerprint density at radius 1 is 1.08 bits per heavy atom. The van der Waals surface area contributed by atoms with Crippen LogP contribution in [0.5, 0.6) is 0 Å². The summed E-state index contributed by atoms with van der Waals surface area (Å²) in [5.74, 6) is 1.60. The highest BCUT2D eigenvalue weighted by atomic mass is 16.1. The molecule has 1 heteroatoms. The van der Waals surface area contributed by atoms with Crippen LogP contribution >= 0.6 is 0 Å². The Morgan fingerprint density at radius 2 is 1.71 bits per heavy atom. The van der Waals surface area contributed by atoms with E-state index in [0.717, 1.165) is 19.3 Å². The maximum atomic E-state index is 12.8. The number of aryl methyl sites for hydroxylation is 1. The SMILES string of the molecule is CCCC(C)C(CC(=O)C(C)C(C)(C)C)Cc1cccc(CC)c1. The van der Waals surface area contributed by atoms with E-state index in [1.165, 1.54) is 24.0 Å². The molecule has 0 aliphatic rings. The van der Waals surface area contributed by atoms with Gasteiger partial charge in [0.1, 0.15) is 5.78 Å². The molecular weight excluding hydrogens is 292 g/mol. The molecule has 1 rings (SSSR count). The topological polar surface area (TPSA) is 17.1 Å². The largest absolute Gasteiger partial charge is 0.299 e. The molecule has 0 radical (unpaired) electrons. The predicted molar refractivity (Wildman–Crippen MR) is 105 cm³/mol. The summed E-state index contributed by atoms with van der Waals surface area (Å²) in [5, 5.41) is 0. The van der Waals surface area contributed by atoms with Crippen LogP contribution in [0.2, 0.25) is 0 Å². The fourth-order valence-corrected chi connectivity index (χ4v) is 3.36. The van der Waals surface area contributed by atoms with Crippen molar-refractivity contribution < 1.29 is 4.79 Å². The molecule has 0 fully saturated rings. The average Bonchev–Trinajstić information content (AvgIpc) is 2.52. The number of benzene rings is 1. The van der Waals surface area contributed by atoms with E-state index in [1.54, 1.807) is 0 Å². The minimum Gasteiger partial charge on any atom is -0.299 e.